The molecule has 0 aromatic heterocycles. The molecular formula is C20H25ClN2O. The molecule has 0 aliphatic rings. The molecule has 0 fully saturated rings. The van der Waals surface area contributed by atoms with E-state index in [-0.39, 0.29) is 5.91 Å². The zero-order valence-corrected chi connectivity index (χ0v) is 15.5. The third kappa shape index (κ3) is 4.83. The van der Waals surface area contributed by atoms with Crippen molar-refractivity contribution in [1.82, 2.24) is 4.90 Å². The van der Waals surface area contributed by atoms with Gasteiger partial charge in [0.1, 0.15) is 0 Å². The lowest BCUT2D eigenvalue weighted by Gasteiger charge is -2.24. The second kappa shape index (κ2) is 7.82. The minimum absolute atomic E-state index is 0.0362. The molecule has 3 nitrogen and oxygen atoms in total. The predicted molar refractivity (Wildman–Crippen MR) is 102 cm³/mol. The SMILES string of the molecule is CN(C)CCc1ccc(NC(=O)C(C)(C)c2ccc(Cl)cc2)cc1. The molecule has 1 amide bonds. The van der Waals surface area contributed by atoms with Gasteiger partial charge in [0.25, 0.3) is 0 Å². The van der Waals surface area contributed by atoms with Crippen LogP contribution in [0.5, 0.6) is 0 Å². The maximum atomic E-state index is 12.7. The van der Waals surface area contributed by atoms with Crippen LogP contribution in [0.3, 0.4) is 0 Å². The van der Waals surface area contributed by atoms with Crippen molar-refractivity contribution in [3.05, 3.63) is 64.7 Å². The van der Waals surface area contributed by atoms with E-state index in [0.717, 1.165) is 24.2 Å². The monoisotopic (exact) mass is 344 g/mol. The molecule has 0 bridgehead atoms. The number of carbonyl (C=O) groups is 1. The van der Waals surface area contributed by atoms with Crippen LogP contribution in [0, 0.1) is 0 Å². The largest absolute Gasteiger partial charge is 0.325 e. The van der Waals surface area contributed by atoms with Crippen molar-refractivity contribution in [1.29, 1.82) is 0 Å². The molecule has 4 heteroatoms. The van der Waals surface area contributed by atoms with Gasteiger partial charge in [-0.05, 0) is 69.8 Å². The van der Waals surface area contributed by atoms with E-state index in [4.69, 9.17) is 11.6 Å². The minimum Gasteiger partial charge on any atom is -0.325 e. The van der Waals surface area contributed by atoms with Gasteiger partial charge >= 0.3 is 0 Å². The zero-order chi connectivity index (χ0) is 17.7. The second-order valence-corrected chi connectivity index (χ2v) is 7.27. The van der Waals surface area contributed by atoms with Gasteiger partial charge in [-0.2, -0.15) is 0 Å². The number of nitrogens with one attached hydrogen (secondary N) is 1. The third-order valence-electron chi connectivity index (χ3n) is 4.19. The number of benzene rings is 2. The number of halogens is 1. The number of amides is 1. The summed E-state index contributed by atoms with van der Waals surface area (Å²) in [7, 11) is 4.13. The van der Waals surface area contributed by atoms with E-state index < -0.39 is 5.41 Å². The Morgan fingerprint density at radius 3 is 2.17 bits per heavy atom. The van der Waals surface area contributed by atoms with Crippen LogP contribution in [0.2, 0.25) is 5.02 Å². The van der Waals surface area contributed by atoms with Crippen molar-refractivity contribution < 1.29 is 4.79 Å². The number of rotatable bonds is 6. The molecule has 24 heavy (non-hydrogen) atoms. The maximum absolute atomic E-state index is 12.7. The highest BCUT2D eigenvalue weighted by molar-refractivity contribution is 6.30. The van der Waals surface area contributed by atoms with Crippen LogP contribution < -0.4 is 5.32 Å². The molecule has 2 rings (SSSR count). The van der Waals surface area contributed by atoms with E-state index in [1.807, 2.05) is 50.2 Å². The predicted octanol–water partition coefficient (Wildman–Crippen LogP) is 4.36. The molecule has 2 aromatic carbocycles. The number of nitrogens with zero attached hydrogens (tertiary/aromatic N) is 1. The summed E-state index contributed by atoms with van der Waals surface area (Å²) in [5.74, 6) is -0.0362. The van der Waals surface area contributed by atoms with Gasteiger partial charge in [0.15, 0.2) is 0 Å². The summed E-state index contributed by atoms with van der Waals surface area (Å²) in [6.07, 6.45) is 0.998. The molecule has 0 heterocycles. The summed E-state index contributed by atoms with van der Waals surface area (Å²) in [6, 6.07) is 15.5. The van der Waals surface area contributed by atoms with Gasteiger partial charge in [-0.25, -0.2) is 0 Å². The van der Waals surface area contributed by atoms with Crippen LogP contribution in [-0.4, -0.2) is 31.4 Å². The van der Waals surface area contributed by atoms with Gasteiger partial charge < -0.3 is 10.2 Å². The Kier molecular flexibility index (Phi) is 6.03. The first-order chi connectivity index (χ1) is 11.3. The van der Waals surface area contributed by atoms with E-state index in [2.05, 4.69) is 36.4 Å². The fourth-order valence-electron chi connectivity index (χ4n) is 2.39. The number of hydrogen-bond donors (Lipinski definition) is 1. The molecule has 0 aliphatic carbocycles. The second-order valence-electron chi connectivity index (χ2n) is 6.84. The van der Waals surface area contributed by atoms with Crippen LogP contribution in [0.1, 0.15) is 25.0 Å². The molecule has 0 saturated heterocycles. The number of anilines is 1. The van der Waals surface area contributed by atoms with Gasteiger partial charge in [-0.1, -0.05) is 35.9 Å². The Labute approximate surface area is 149 Å². The summed E-state index contributed by atoms with van der Waals surface area (Å²) >= 11 is 5.93. The minimum atomic E-state index is -0.631. The van der Waals surface area contributed by atoms with Crippen molar-refractivity contribution in [3.63, 3.8) is 0 Å². The molecule has 2 aromatic rings. The first-order valence-corrected chi connectivity index (χ1v) is 8.48. The van der Waals surface area contributed by atoms with E-state index in [0.29, 0.717) is 5.02 Å². The maximum Gasteiger partial charge on any atom is 0.234 e. The Morgan fingerprint density at radius 1 is 1.04 bits per heavy atom. The van der Waals surface area contributed by atoms with Crippen LogP contribution in [-0.2, 0) is 16.6 Å². The van der Waals surface area contributed by atoms with Crippen LogP contribution in [0.15, 0.2) is 48.5 Å². The fraction of sp³-hybridized carbons (Fsp3) is 0.350. The molecule has 1 N–H and O–H groups in total. The molecular weight excluding hydrogens is 320 g/mol. The number of carbonyl (C=O) groups excluding carboxylic acids is 1. The van der Waals surface area contributed by atoms with E-state index >= 15 is 0 Å². The van der Waals surface area contributed by atoms with Gasteiger partial charge in [0.2, 0.25) is 5.91 Å². The third-order valence-corrected chi connectivity index (χ3v) is 4.45. The number of hydrogen-bond acceptors (Lipinski definition) is 2. The standard InChI is InChI=1S/C20H25ClN2O/c1-20(2,16-7-9-17(21)10-8-16)19(24)22-18-11-5-15(6-12-18)13-14-23(3)4/h5-12H,13-14H2,1-4H3,(H,22,24). The Hall–Kier alpha value is -1.84. The highest BCUT2D eigenvalue weighted by Gasteiger charge is 2.29. The molecule has 0 saturated carbocycles. The van der Waals surface area contributed by atoms with Crippen molar-refractivity contribution >= 4 is 23.2 Å². The molecule has 128 valence electrons. The van der Waals surface area contributed by atoms with Gasteiger partial charge in [0, 0.05) is 17.3 Å². The Balaban J connectivity index is 2.04. The van der Waals surface area contributed by atoms with Gasteiger partial charge in [-0.3, -0.25) is 4.79 Å². The highest BCUT2D eigenvalue weighted by atomic mass is 35.5. The lowest BCUT2D eigenvalue weighted by molar-refractivity contribution is -0.120. The van der Waals surface area contributed by atoms with Gasteiger partial charge in [-0.15, -0.1) is 0 Å². The van der Waals surface area contributed by atoms with Crippen molar-refractivity contribution in [2.75, 3.05) is 26.0 Å². The molecule has 0 spiro atoms. The van der Waals surface area contributed by atoms with Crippen molar-refractivity contribution in [2.24, 2.45) is 0 Å². The normalized spacial score (nSPS) is 11.6. The first kappa shape index (κ1) is 18.5. The molecule has 0 unspecified atom stereocenters. The summed E-state index contributed by atoms with van der Waals surface area (Å²) in [5.41, 5.74) is 2.38. The number of likely N-dealkylation sites (N-methyl/N-ethyl adjacent to an activating group) is 1. The Bertz CT molecular complexity index is 676. The molecule has 0 aliphatic heterocycles. The van der Waals surface area contributed by atoms with E-state index in [1.54, 1.807) is 0 Å². The van der Waals surface area contributed by atoms with Crippen molar-refractivity contribution in [2.45, 2.75) is 25.7 Å². The van der Waals surface area contributed by atoms with E-state index in [1.165, 1.54) is 5.56 Å². The lowest BCUT2D eigenvalue weighted by atomic mass is 9.83. The first-order valence-electron chi connectivity index (χ1n) is 8.10. The smallest absolute Gasteiger partial charge is 0.234 e. The van der Waals surface area contributed by atoms with E-state index in [9.17, 15) is 4.79 Å². The highest BCUT2D eigenvalue weighted by Crippen LogP contribution is 2.26. The van der Waals surface area contributed by atoms with Gasteiger partial charge in [0.05, 0.1) is 5.41 Å². The van der Waals surface area contributed by atoms with Crippen LogP contribution in [0.4, 0.5) is 5.69 Å². The summed E-state index contributed by atoms with van der Waals surface area (Å²) in [6.45, 7) is 4.84. The summed E-state index contributed by atoms with van der Waals surface area (Å²) in [4.78, 5) is 14.8. The molecule has 0 atom stereocenters. The van der Waals surface area contributed by atoms with Crippen LogP contribution in [0.25, 0.3) is 0 Å². The summed E-state index contributed by atoms with van der Waals surface area (Å²) in [5, 5.41) is 3.67. The average Bonchev–Trinajstić information content (AvgIpc) is 2.54. The Morgan fingerprint density at radius 2 is 1.62 bits per heavy atom. The quantitative estimate of drug-likeness (QED) is 0.844. The topological polar surface area (TPSA) is 32.3 Å². The fourth-order valence-corrected chi connectivity index (χ4v) is 2.52. The van der Waals surface area contributed by atoms with Crippen molar-refractivity contribution in [3.8, 4) is 0 Å². The lowest BCUT2D eigenvalue weighted by Crippen LogP contribution is -2.34. The molecule has 0 radical (unpaired) electrons. The average molecular weight is 345 g/mol. The van der Waals surface area contributed by atoms with Crippen LogP contribution >= 0.6 is 11.6 Å². The zero-order valence-electron chi connectivity index (χ0n) is 14.8. The summed E-state index contributed by atoms with van der Waals surface area (Å²) < 4.78 is 0.